The number of hydrogen-bond acceptors (Lipinski definition) is 3. The molecule has 2 rings (SSSR count). The minimum Gasteiger partial charge on any atom is -0.495 e. The van der Waals surface area contributed by atoms with Gasteiger partial charge in [0.05, 0.1) is 7.11 Å². The molecule has 1 atom stereocenters. The molecule has 7 heteroatoms. The molecule has 0 saturated carbocycles. The van der Waals surface area contributed by atoms with Crippen LogP contribution in [0.25, 0.3) is 0 Å². The highest BCUT2D eigenvalue weighted by molar-refractivity contribution is 7.89. The maximum Gasteiger partial charge on any atom is 0.244 e. The molecule has 1 N–H and O–H groups in total. The Hall–Kier alpha value is -1.99. The molecule has 0 aliphatic carbocycles. The van der Waals surface area contributed by atoms with Gasteiger partial charge >= 0.3 is 0 Å². The van der Waals surface area contributed by atoms with Gasteiger partial charge in [0.15, 0.2) is 0 Å². The van der Waals surface area contributed by atoms with Gasteiger partial charge in [-0.1, -0.05) is 12.1 Å². The normalized spacial score (nSPS) is 12.9. The van der Waals surface area contributed by atoms with E-state index in [1.165, 1.54) is 26.2 Å². The van der Waals surface area contributed by atoms with Crippen LogP contribution >= 0.6 is 0 Å². The number of ether oxygens (including phenoxy) is 1. The van der Waals surface area contributed by atoms with E-state index < -0.39 is 27.7 Å². The minimum atomic E-state index is -3.94. The molecule has 0 bridgehead atoms. The lowest BCUT2D eigenvalue weighted by atomic mass is 10.1. The first-order valence-electron chi connectivity index (χ1n) is 6.86. The molecule has 0 aliphatic heterocycles. The SMILES string of the molecule is COc1ccc(C)cc1S(=O)(=O)N[C@H](C)c1ccc(F)cc1F. The van der Waals surface area contributed by atoms with Crippen LogP contribution in [0.3, 0.4) is 0 Å². The van der Waals surface area contributed by atoms with Crippen LogP contribution in [-0.4, -0.2) is 15.5 Å². The summed E-state index contributed by atoms with van der Waals surface area (Å²) in [6, 6.07) is 6.88. The number of halogens is 2. The van der Waals surface area contributed by atoms with Gasteiger partial charge in [0.25, 0.3) is 0 Å². The quantitative estimate of drug-likeness (QED) is 0.908. The van der Waals surface area contributed by atoms with Crippen molar-refractivity contribution in [3.05, 3.63) is 59.2 Å². The van der Waals surface area contributed by atoms with E-state index in [0.29, 0.717) is 6.07 Å². The van der Waals surface area contributed by atoms with Crippen molar-refractivity contribution in [3.63, 3.8) is 0 Å². The first-order valence-corrected chi connectivity index (χ1v) is 8.35. The van der Waals surface area contributed by atoms with Gasteiger partial charge in [0.1, 0.15) is 22.3 Å². The fourth-order valence-corrected chi connectivity index (χ4v) is 3.68. The maximum absolute atomic E-state index is 13.8. The molecule has 0 aromatic heterocycles. The van der Waals surface area contributed by atoms with Gasteiger partial charge in [-0.3, -0.25) is 0 Å². The van der Waals surface area contributed by atoms with Crippen LogP contribution < -0.4 is 9.46 Å². The third-order valence-corrected chi connectivity index (χ3v) is 4.93. The Morgan fingerprint density at radius 3 is 2.43 bits per heavy atom. The first-order chi connectivity index (χ1) is 10.7. The molecule has 124 valence electrons. The lowest BCUT2D eigenvalue weighted by Crippen LogP contribution is -2.28. The number of methoxy groups -OCH3 is 1. The largest absolute Gasteiger partial charge is 0.495 e. The van der Waals surface area contributed by atoms with Crippen LogP contribution in [0.5, 0.6) is 5.75 Å². The second kappa shape index (κ2) is 6.64. The summed E-state index contributed by atoms with van der Waals surface area (Å²) in [6.45, 7) is 3.23. The zero-order valence-electron chi connectivity index (χ0n) is 12.9. The zero-order chi connectivity index (χ0) is 17.2. The second-order valence-electron chi connectivity index (χ2n) is 5.16. The number of aryl methyl sites for hydroxylation is 1. The lowest BCUT2D eigenvalue weighted by molar-refractivity contribution is 0.402. The summed E-state index contributed by atoms with van der Waals surface area (Å²) in [5, 5.41) is 0. The van der Waals surface area contributed by atoms with Crippen molar-refractivity contribution in [1.29, 1.82) is 0 Å². The van der Waals surface area contributed by atoms with E-state index in [1.54, 1.807) is 19.1 Å². The van der Waals surface area contributed by atoms with Crippen LogP contribution in [0.15, 0.2) is 41.3 Å². The van der Waals surface area contributed by atoms with Gasteiger partial charge in [-0.05, 0) is 37.6 Å². The monoisotopic (exact) mass is 341 g/mol. The number of hydrogen-bond donors (Lipinski definition) is 1. The van der Waals surface area contributed by atoms with Crippen LogP contribution in [0, 0.1) is 18.6 Å². The van der Waals surface area contributed by atoms with Crippen molar-refractivity contribution in [2.24, 2.45) is 0 Å². The number of rotatable bonds is 5. The van der Waals surface area contributed by atoms with Gasteiger partial charge < -0.3 is 4.74 Å². The molecule has 0 unspecified atom stereocenters. The summed E-state index contributed by atoms with van der Waals surface area (Å²) in [5.41, 5.74) is 0.799. The predicted molar refractivity (Wildman–Crippen MR) is 82.8 cm³/mol. The molecule has 0 fully saturated rings. The molecule has 2 aromatic carbocycles. The van der Waals surface area contributed by atoms with E-state index in [9.17, 15) is 17.2 Å². The summed E-state index contributed by atoms with van der Waals surface area (Å²) in [4.78, 5) is -0.0330. The molecule has 4 nitrogen and oxygen atoms in total. The highest BCUT2D eigenvalue weighted by Gasteiger charge is 2.24. The Labute approximate surface area is 134 Å². The molecular formula is C16H17F2NO3S. The van der Waals surface area contributed by atoms with E-state index in [4.69, 9.17) is 4.74 Å². The zero-order valence-corrected chi connectivity index (χ0v) is 13.7. The highest BCUT2D eigenvalue weighted by Crippen LogP contribution is 2.27. The maximum atomic E-state index is 13.8. The van der Waals surface area contributed by atoms with Gasteiger partial charge in [-0.15, -0.1) is 0 Å². The topological polar surface area (TPSA) is 55.4 Å². The molecule has 2 aromatic rings. The Bertz CT molecular complexity index is 822. The van der Waals surface area contributed by atoms with Gasteiger partial charge in [0, 0.05) is 17.7 Å². The second-order valence-corrected chi connectivity index (χ2v) is 6.85. The number of nitrogens with one attached hydrogen (secondary N) is 1. The summed E-state index contributed by atoms with van der Waals surface area (Å²) in [5.74, 6) is -1.34. The van der Waals surface area contributed by atoms with E-state index in [1.807, 2.05) is 0 Å². The molecule has 0 saturated heterocycles. The van der Waals surface area contributed by atoms with Crippen LogP contribution in [0.2, 0.25) is 0 Å². The van der Waals surface area contributed by atoms with Crippen molar-refractivity contribution in [1.82, 2.24) is 4.72 Å². The summed E-state index contributed by atoms with van der Waals surface area (Å²) < 4.78 is 59.3. The fourth-order valence-electron chi connectivity index (χ4n) is 2.21. The van der Waals surface area contributed by atoms with Gasteiger partial charge in [0.2, 0.25) is 10.0 Å². The third-order valence-electron chi connectivity index (χ3n) is 3.37. The highest BCUT2D eigenvalue weighted by atomic mass is 32.2. The van der Waals surface area contributed by atoms with Gasteiger partial charge in [-0.25, -0.2) is 21.9 Å². The number of sulfonamides is 1. The van der Waals surface area contributed by atoms with Crippen LogP contribution in [0.1, 0.15) is 24.1 Å². The molecule has 0 amide bonds. The molecule has 23 heavy (non-hydrogen) atoms. The summed E-state index contributed by atoms with van der Waals surface area (Å²) in [7, 11) is -2.57. The standard InChI is InChI=1S/C16H17F2NO3S/c1-10-4-7-15(22-3)16(8-10)23(20,21)19-11(2)13-6-5-12(17)9-14(13)18/h4-9,11,19H,1-3H3/t11-/m1/s1. The third kappa shape index (κ3) is 3.86. The average Bonchev–Trinajstić information content (AvgIpc) is 2.46. The van der Waals surface area contributed by atoms with Crippen molar-refractivity contribution in [2.45, 2.75) is 24.8 Å². The van der Waals surface area contributed by atoms with Crippen LogP contribution in [0.4, 0.5) is 8.78 Å². The first kappa shape index (κ1) is 17.4. The lowest BCUT2D eigenvalue weighted by Gasteiger charge is -2.17. The van der Waals surface area contributed by atoms with Gasteiger partial charge in [-0.2, -0.15) is 0 Å². The average molecular weight is 341 g/mol. The smallest absolute Gasteiger partial charge is 0.244 e. The minimum absolute atomic E-state index is 0.0330. The van der Waals surface area contributed by atoms with E-state index in [-0.39, 0.29) is 16.2 Å². The Morgan fingerprint density at radius 1 is 1.13 bits per heavy atom. The Kier molecular flexibility index (Phi) is 5.01. The van der Waals surface area contributed by atoms with Crippen molar-refractivity contribution < 1.29 is 21.9 Å². The molecular weight excluding hydrogens is 324 g/mol. The van der Waals surface area contributed by atoms with E-state index in [0.717, 1.165) is 11.6 Å². The molecule has 0 aliphatic rings. The summed E-state index contributed by atoms with van der Waals surface area (Å²) >= 11 is 0. The Morgan fingerprint density at radius 2 is 1.83 bits per heavy atom. The molecule has 0 heterocycles. The van der Waals surface area contributed by atoms with E-state index in [2.05, 4.69) is 4.72 Å². The van der Waals surface area contributed by atoms with Crippen molar-refractivity contribution in [2.75, 3.05) is 7.11 Å². The van der Waals surface area contributed by atoms with Crippen LogP contribution in [-0.2, 0) is 10.0 Å². The van der Waals surface area contributed by atoms with Crippen molar-refractivity contribution in [3.8, 4) is 5.75 Å². The predicted octanol–water partition coefficient (Wildman–Crippen LogP) is 3.32. The molecule has 0 radical (unpaired) electrons. The van der Waals surface area contributed by atoms with E-state index >= 15 is 0 Å². The Balaban J connectivity index is 2.36. The number of benzene rings is 2. The van der Waals surface area contributed by atoms with Crippen molar-refractivity contribution >= 4 is 10.0 Å². The molecule has 0 spiro atoms. The summed E-state index contributed by atoms with van der Waals surface area (Å²) in [6.07, 6.45) is 0. The fraction of sp³-hybridized carbons (Fsp3) is 0.250.